The van der Waals surface area contributed by atoms with Gasteiger partial charge in [0.25, 0.3) is 11.1 Å². The Morgan fingerprint density at radius 1 is 1.00 bits per heavy atom. The maximum absolute atomic E-state index is 12.5. The van der Waals surface area contributed by atoms with Crippen molar-refractivity contribution in [3.05, 3.63) is 69.6 Å². The molecule has 1 heterocycles. The lowest BCUT2D eigenvalue weighted by Gasteiger charge is -2.06. The molecular weight excluding hydrogens is 394 g/mol. The Morgan fingerprint density at radius 2 is 1.65 bits per heavy atom. The molecule has 5 nitrogen and oxygen atoms in total. The Hall–Kier alpha value is -2.09. The topological polar surface area (TPSA) is 80.3 Å². The van der Waals surface area contributed by atoms with Crippen LogP contribution < -0.4 is 5.32 Å². The third kappa shape index (κ3) is 4.55. The predicted molar refractivity (Wildman–Crippen MR) is 103 cm³/mol. The van der Waals surface area contributed by atoms with Crippen LogP contribution in [-0.2, 0) is 21.1 Å². The summed E-state index contributed by atoms with van der Waals surface area (Å²) in [4.78, 5) is 23.2. The second-order valence-electron chi connectivity index (χ2n) is 5.62. The van der Waals surface area contributed by atoms with Gasteiger partial charge in [0.1, 0.15) is 0 Å². The highest BCUT2D eigenvalue weighted by Crippen LogP contribution is 2.26. The number of thioether (sulfide) groups is 1. The van der Waals surface area contributed by atoms with E-state index in [1.54, 1.807) is 42.5 Å². The van der Waals surface area contributed by atoms with E-state index in [0.717, 1.165) is 17.3 Å². The van der Waals surface area contributed by atoms with Crippen LogP contribution >= 0.6 is 23.4 Å². The fourth-order valence-electron chi connectivity index (χ4n) is 2.36. The number of aryl methyl sites for hydroxylation is 1. The number of rotatable bonds is 5. The maximum Gasteiger partial charge on any atom is 0.290 e. The maximum atomic E-state index is 12.5. The fourth-order valence-corrected chi connectivity index (χ4v) is 4.46. The number of nitrogens with one attached hydrogen (secondary N) is 1. The average Bonchev–Trinajstić information content (AvgIpc) is 2.92. The van der Waals surface area contributed by atoms with Crippen LogP contribution in [-0.4, -0.2) is 25.3 Å². The Bertz CT molecular complexity index is 981. The van der Waals surface area contributed by atoms with E-state index in [0.29, 0.717) is 17.0 Å². The molecule has 134 valence electrons. The summed E-state index contributed by atoms with van der Waals surface area (Å²) in [5, 5.41) is 2.37. The zero-order valence-corrected chi connectivity index (χ0v) is 15.8. The molecule has 0 aliphatic carbocycles. The van der Waals surface area contributed by atoms with E-state index >= 15 is 0 Å². The van der Waals surface area contributed by atoms with E-state index in [1.165, 1.54) is 12.1 Å². The molecule has 0 unspecified atom stereocenters. The molecule has 0 bridgehead atoms. The normalized spacial score (nSPS) is 16.1. The van der Waals surface area contributed by atoms with Crippen LogP contribution in [0.5, 0.6) is 0 Å². The molecule has 0 radical (unpaired) electrons. The van der Waals surface area contributed by atoms with Crippen molar-refractivity contribution >= 4 is 50.4 Å². The Morgan fingerprint density at radius 3 is 2.23 bits per heavy atom. The van der Waals surface area contributed by atoms with Gasteiger partial charge in [-0.1, -0.05) is 35.9 Å². The summed E-state index contributed by atoms with van der Waals surface area (Å²) >= 11 is 6.64. The van der Waals surface area contributed by atoms with Crippen molar-refractivity contribution in [2.24, 2.45) is 0 Å². The lowest BCUT2D eigenvalue weighted by Crippen LogP contribution is -2.17. The zero-order chi connectivity index (χ0) is 18.7. The number of halogens is 1. The first-order chi connectivity index (χ1) is 12.3. The number of hydrogen-bond donors (Lipinski definition) is 1. The third-order valence-electron chi connectivity index (χ3n) is 3.75. The second-order valence-corrected chi connectivity index (χ2v) is 9.18. The fraction of sp³-hybridized carbons (Fsp3) is 0.111. The lowest BCUT2D eigenvalue weighted by atomic mass is 10.2. The van der Waals surface area contributed by atoms with E-state index in [-0.39, 0.29) is 15.6 Å². The lowest BCUT2D eigenvalue weighted by molar-refractivity contribution is -0.115. The van der Waals surface area contributed by atoms with Crippen molar-refractivity contribution in [1.82, 2.24) is 5.32 Å². The number of carbonyl (C=O) groups excluding carboxylic acids is 2. The minimum absolute atomic E-state index is 0.0121. The number of amides is 2. The molecule has 1 aliphatic rings. The Labute approximate surface area is 160 Å². The first-order valence-electron chi connectivity index (χ1n) is 7.66. The van der Waals surface area contributed by atoms with E-state index < -0.39 is 21.0 Å². The molecule has 1 saturated heterocycles. The molecule has 1 fully saturated rings. The molecule has 1 N–H and O–H groups in total. The summed E-state index contributed by atoms with van der Waals surface area (Å²) in [5.74, 6) is -0.457. The molecule has 1 aliphatic heterocycles. The van der Waals surface area contributed by atoms with Gasteiger partial charge < -0.3 is 0 Å². The number of hydrogen-bond acceptors (Lipinski definition) is 5. The molecule has 26 heavy (non-hydrogen) atoms. The molecular formula is C18H14ClNO4S2. The summed E-state index contributed by atoms with van der Waals surface area (Å²) in [7, 11) is -3.42. The molecule has 2 amide bonds. The zero-order valence-electron chi connectivity index (χ0n) is 13.4. The molecule has 8 heteroatoms. The van der Waals surface area contributed by atoms with E-state index in [1.807, 2.05) is 0 Å². The highest BCUT2D eigenvalue weighted by Gasteiger charge is 2.25. The molecule has 2 aromatic carbocycles. The SMILES string of the molecule is O=C1NC(=O)C(=Cc2ccc(S(=O)(=O)CCc3ccc(Cl)cc3)cc2)S1. The molecule has 3 rings (SSSR count). The van der Waals surface area contributed by atoms with Gasteiger partial charge in [-0.15, -0.1) is 0 Å². The highest BCUT2D eigenvalue weighted by atomic mass is 35.5. The van der Waals surface area contributed by atoms with Crippen molar-refractivity contribution in [2.75, 3.05) is 5.75 Å². The van der Waals surface area contributed by atoms with Crippen molar-refractivity contribution < 1.29 is 18.0 Å². The standard InChI is InChI=1S/C18H14ClNO4S2/c19-14-5-1-12(2-6-14)9-10-26(23,24)15-7-3-13(4-8-15)11-16-17(21)20-18(22)25-16/h1-8,11H,9-10H2,(H,20,21,22). The minimum atomic E-state index is -3.42. The molecule has 0 saturated carbocycles. The van der Waals surface area contributed by atoms with Crippen molar-refractivity contribution in [2.45, 2.75) is 11.3 Å². The van der Waals surface area contributed by atoms with E-state index in [4.69, 9.17) is 11.6 Å². The van der Waals surface area contributed by atoms with Gasteiger partial charge in [0, 0.05) is 5.02 Å². The van der Waals surface area contributed by atoms with Crippen LogP contribution in [0, 0.1) is 0 Å². The average molecular weight is 408 g/mol. The van der Waals surface area contributed by atoms with Crippen LogP contribution in [0.1, 0.15) is 11.1 Å². The van der Waals surface area contributed by atoms with E-state index in [2.05, 4.69) is 5.32 Å². The molecule has 0 aromatic heterocycles. The van der Waals surface area contributed by atoms with Crippen molar-refractivity contribution in [1.29, 1.82) is 0 Å². The van der Waals surface area contributed by atoms with Gasteiger partial charge in [0.2, 0.25) is 0 Å². The summed E-state index contributed by atoms with van der Waals surface area (Å²) in [6, 6.07) is 13.3. The van der Waals surface area contributed by atoms with Gasteiger partial charge in [-0.25, -0.2) is 8.42 Å². The summed E-state index contributed by atoms with van der Waals surface area (Å²) < 4.78 is 24.9. The summed E-state index contributed by atoms with van der Waals surface area (Å²) in [6.07, 6.45) is 1.94. The van der Waals surface area contributed by atoms with Gasteiger partial charge in [0.15, 0.2) is 9.84 Å². The molecule has 0 spiro atoms. The van der Waals surface area contributed by atoms with Crippen molar-refractivity contribution in [3.8, 4) is 0 Å². The highest BCUT2D eigenvalue weighted by molar-refractivity contribution is 8.18. The third-order valence-corrected chi connectivity index (χ3v) is 6.55. The number of imide groups is 1. The number of carbonyl (C=O) groups is 2. The quantitative estimate of drug-likeness (QED) is 0.764. The predicted octanol–water partition coefficient (Wildman–Crippen LogP) is 3.68. The van der Waals surface area contributed by atoms with Crippen LogP contribution in [0.15, 0.2) is 58.3 Å². The van der Waals surface area contributed by atoms with E-state index in [9.17, 15) is 18.0 Å². The summed E-state index contributed by atoms with van der Waals surface area (Å²) in [6.45, 7) is 0. The van der Waals surface area contributed by atoms with Crippen molar-refractivity contribution in [3.63, 3.8) is 0 Å². The van der Waals surface area contributed by atoms with Crippen LogP contribution in [0.3, 0.4) is 0 Å². The van der Waals surface area contributed by atoms with Gasteiger partial charge in [-0.05, 0) is 59.7 Å². The Kier molecular flexibility index (Phi) is 5.50. The number of sulfone groups is 1. The monoisotopic (exact) mass is 407 g/mol. The molecule has 0 atom stereocenters. The largest absolute Gasteiger partial charge is 0.290 e. The smallest absolute Gasteiger partial charge is 0.282 e. The number of benzene rings is 2. The van der Waals surface area contributed by atoms with Gasteiger partial charge in [-0.3, -0.25) is 14.9 Å². The minimum Gasteiger partial charge on any atom is -0.282 e. The van der Waals surface area contributed by atoms with Crippen LogP contribution in [0.25, 0.3) is 6.08 Å². The van der Waals surface area contributed by atoms with Gasteiger partial charge >= 0.3 is 0 Å². The van der Waals surface area contributed by atoms with Crippen LogP contribution in [0.4, 0.5) is 4.79 Å². The second kappa shape index (κ2) is 7.65. The van der Waals surface area contributed by atoms with Crippen LogP contribution in [0.2, 0.25) is 5.02 Å². The Balaban J connectivity index is 1.70. The molecule has 2 aromatic rings. The first-order valence-corrected chi connectivity index (χ1v) is 10.5. The summed E-state index contributed by atoms with van der Waals surface area (Å²) in [5.41, 5.74) is 1.54. The van der Waals surface area contributed by atoms with Gasteiger partial charge in [0.05, 0.1) is 15.6 Å². The first kappa shape index (κ1) is 18.7. The van der Waals surface area contributed by atoms with Gasteiger partial charge in [-0.2, -0.15) is 0 Å².